The standard InChI is InChI=1S/C13H15FN2O/c1-9(2)16-7-6-15-13(16)11-8-10(14)4-5-12(11)17-3/h4-9H,1-3H3. The number of rotatable bonds is 3. The second-order valence-electron chi connectivity index (χ2n) is 4.10. The van der Waals surface area contributed by atoms with Gasteiger partial charge in [-0.3, -0.25) is 0 Å². The normalized spacial score (nSPS) is 10.9. The Morgan fingerprint density at radius 2 is 2.12 bits per heavy atom. The van der Waals surface area contributed by atoms with E-state index in [9.17, 15) is 4.39 Å². The lowest BCUT2D eigenvalue weighted by molar-refractivity contribution is 0.414. The van der Waals surface area contributed by atoms with Crippen LogP contribution in [0.1, 0.15) is 19.9 Å². The highest BCUT2D eigenvalue weighted by atomic mass is 19.1. The van der Waals surface area contributed by atoms with Crippen molar-refractivity contribution in [2.75, 3.05) is 7.11 Å². The van der Waals surface area contributed by atoms with Crippen LogP contribution in [0.4, 0.5) is 4.39 Å². The highest BCUT2D eigenvalue weighted by Gasteiger charge is 2.14. The van der Waals surface area contributed by atoms with Crippen molar-refractivity contribution in [1.82, 2.24) is 9.55 Å². The largest absolute Gasteiger partial charge is 0.496 e. The van der Waals surface area contributed by atoms with Gasteiger partial charge in [-0.15, -0.1) is 0 Å². The predicted molar refractivity (Wildman–Crippen MR) is 64.6 cm³/mol. The van der Waals surface area contributed by atoms with Crippen molar-refractivity contribution in [2.24, 2.45) is 0 Å². The molecule has 0 spiro atoms. The molecule has 2 rings (SSSR count). The molecule has 0 radical (unpaired) electrons. The topological polar surface area (TPSA) is 27.1 Å². The molecular formula is C13H15FN2O. The number of ether oxygens (including phenoxy) is 1. The molecule has 0 N–H and O–H groups in total. The van der Waals surface area contributed by atoms with Gasteiger partial charge in [0.05, 0.1) is 12.7 Å². The first-order chi connectivity index (χ1) is 8.13. The number of benzene rings is 1. The fourth-order valence-electron chi connectivity index (χ4n) is 1.79. The second-order valence-corrected chi connectivity index (χ2v) is 4.10. The Bertz CT molecular complexity index is 520. The molecule has 0 unspecified atom stereocenters. The number of halogens is 1. The molecular weight excluding hydrogens is 219 g/mol. The number of methoxy groups -OCH3 is 1. The van der Waals surface area contributed by atoms with Gasteiger partial charge in [0.25, 0.3) is 0 Å². The van der Waals surface area contributed by atoms with Crippen molar-refractivity contribution in [3.05, 3.63) is 36.4 Å². The molecule has 0 saturated heterocycles. The fourth-order valence-corrected chi connectivity index (χ4v) is 1.79. The highest BCUT2D eigenvalue weighted by Crippen LogP contribution is 2.30. The van der Waals surface area contributed by atoms with Crippen molar-refractivity contribution < 1.29 is 9.13 Å². The van der Waals surface area contributed by atoms with Crippen LogP contribution in [0.2, 0.25) is 0 Å². The van der Waals surface area contributed by atoms with Gasteiger partial charge in [0.1, 0.15) is 17.4 Å². The van der Waals surface area contributed by atoms with Crippen LogP contribution < -0.4 is 4.74 Å². The van der Waals surface area contributed by atoms with E-state index in [0.717, 1.165) is 5.82 Å². The summed E-state index contributed by atoms with van der Waals surface area (Å²) in [6, 6.07) is 4.70. The molecule has 1 aromatic heterocycles. The summed E-state index contributed by atoms with van der Waals surface area (Å²) >= 11 is 0. The molecule has 0 amide bonds. The van der Waals surface area contributed by atoms with E-state index in [1.165, 1.54) is 12.1 Å². The van der Waals surface area contributed by atoms with Crippen LogP contribution in [0, 0.1) is 5.82 Å². The molecule has 0 bridgehead atoms. The van der Waals surface area contributed by atoms with Gasteiger partial charge >= 0.3 is 0 Å². The molecule has 0 aliphatic carbocycles. The van der Waals surface area contributed by atoms with Crippen molar-refractivity contribution in [3.63, 3.8) is 0 Å². The van der Waals surface area contributed by atoms with Gasteiger partial charge in [-0.25, -0.2) is 9.37 Å². The van der Waals surface area contributed by atoms with Crippen LogP contribution in [0.25, 0.3) is 11.4 Å². The van der Waals surface area contributed by atoms with Gasteiger partial charge < -0.3 is 9.30 Å². The Hall–Kier alpha value is -1.84. The third-order valence-corrected chi connectivity index (χ3v) is 2.63. The monoisotopic (exact) mass is 234 g/mol. The van der Waals surface area contributed by atoms with E-state index < -0.39 is 0 Å². The predicted octanol–water partition coefficient (Wildman–Crippen LogP) is 3.28. The van der Waals surface area contributed by atoms with Gasteiger partial charge in [0.15, 0.2) is 0 Å². The molecule has 17 heavy (non-hydrogen) atoms. The van der Waals surface area contributed by atoms with Gasteiger partial charge in [-0.05, 0) is 32.0 Å². The first-order valence-corrected chi connectivity index (χ1v) is 5.50. The molecule has 4 heteroatoms. The average molecular weight is 234 g/mol. The summed E-state index contributed by atoms with van der Waals surface area (Å²) < 4.78 is 20.5. The quantitative estimate of drug-likeness (QED) is 0.814. The average Bonchev–Trinajstić information content (AvgIpc) is 2.77. The summed E-state index contributed by atoms with van der Waals surface area (Å²) in [5.74, 6) is 1.05. The van der Waals surface area contributed by atoms with Gasteiger partial charge in [-0.1, -0.05) is 0 Å². The molecule has 90 valence electrons. The van der Waals surface area contributed by atoms with Crippen LogP contribution in [0.3, 0.4) is 0 Å². The lowest BCUT2D eigenvalue weighted by atomic mass is 10.1. The fraction of sp³-hybridized carbons (Fsp3) is 0.308. The molecule has 1 aromatic carbocycles. The molecule has 1 heterocycles. The maximum Gasteiger partial charge on any atom is 0.143 e. The molecule has 0 fully saturated rings. The van der Waals surface area contributed by atoms with Crippen molar-refractivity contribution in [1.29, 1.82) is 0 Å². The van der Waals surface area contributed by atoms with Crippen LogP contribution in [-0.2, 0) is 0 Å². The number of nitrogens with zero attached hydrogens (tertiary/aromatic N) is 2. The minimum absolute atomic E-state index is 0.264. The second kappa shape index (κ2) is 4.57. The first-order valence-electron chi connectivity index (χ1n) is 5.50. The van der Waals surface area contributed by atoms with E-state index in [4.69, 9.17) is 4.74 Å². The van der Waals surface area contributed by atoms with E-state index in [2.05, 4.69) is 18.8 Å². The van der Waals surface area contributed by atoms with E-state index in [0.29, 0.717) is 11.3 Å². The van der Waals surface area contributed by atoms with E-state index in [1.807, 2.05) is 10.8 Å². The van der Waals surface area contributed by atoms with E-state index in [-0.39, 0.29) is 11.9 Å². The molecule has 0 atom stereocenters. The Balaban J connectivity index is 2.59. The highest BCUT2D eigenvalue weighted by molar-refractivity contribution is 5.64. The summed E-state index contributed by atoms with van der Waals surface area (Å²) in [6.45, 7) is 4.11. The zero-order valence-electron chi connectivity index (χ0n) is 10.1. The van der Waals surface area contributed by atoms with Gasteiger partial charge in [-0.2, -0.15) is 0 Å². The van der Waals surface area contributed by atoms with Crippen molar-refractivity contribution in [2.45, 2.75) is 19.9 Å². The summed E-state index contributed by atoms with van der Waals surface area (Å²) in [5, 5.41) is 0. The first kappa shape index (κ1) is 11.6. The third kappa shape index (κ3) is 2.16. The summed E-state index contributed by atoms with van der Waals surface area (Å²) in [4.78, 5) is 4.27. The van der Waals surface area contributed by atoms with Crippen LogP contribution >= 0.6 is 0 Å². The summed E-state index contributed by atoms with van der Waals surface area (Å²) in [5.41, 5.74) is 0.672. The van der Waals surface area contributed by atoms with Gasteiger partial charge in [0, 0.05) is 18.4 Å². The molecule has 0 aliphatic rings. The van der Waals surface area contributed by atoms with Crippen molar-refractivity contribution in [3.8, 4) is 17.1 Å². The van der Waals surface area contributed by atoms with Gasteiger partial charge in [0.2, 0.25) is 0 Å². The number of imidazole rings is 1. The summed E-state index contributed by atoms with van der Waals surface area (Å²) in [7, 11) is 1.57. The smallest absolute Gasteiger partial charge is 0.143 e. The molecule has 3 nitrogen and oxygen atoms in total. The summed E-state index contributed by atoms with van der Waals surface area (Å²) in [6.07, 6.45) is 3.59. The van der Waals surface area contributed by atoms with Crippen LogP contribution in [0.15, 0.2) is 30.6 Å². The Kier molecular flexibility index (Phi) is 3.13. The zero-order valence-corrected chi connectivity index (χ0v) is 10.1. The minimum Gasteiger partial charge on any atom is -0.496 e. The SMILES string of the molecule is COc1ccc(F)cc1-c1nccn1C(C)C. The number of hydrogen-bond donors (Lipinski definition) is 0. The molecule has 2 aromatic rings. The molecule has 0 saturated carbocycles. The number of aromatic nitrogens is 2. The van der Waals surface area contributed by atoms with Crippen molar-refractivity contribution >= 4 is 0 Å². The van der Waals surface area contributed by atoms with E-state index >= 15 is 0 Å². The maximum absolute atomic E-state index is 13.3. The lowest BCUT2D eigenvalue weighted by Crippen LogP contribution is -2.03. The van der Waals surface area contributed by atoms with Crippen LogP contribution in [-0.4, -0.2) is 16.7 Å². The lowest BCUT2D eigenvalue weighted by Gasteiger charge is -2.13. The maximum atomic E-state index is 13.3. The van der Waals surface area contributed by atoms with E-state index in [1.54, 1.807) is 19.4 Å². The number of hydrogen-bond acceptors (Lipinski definition) is 2. The third-order valence-electron chi connectivity index (χ3n) is 2.63. The molecule has 0 aliphatic heterocycles. The Morgan fingerprint density at radius 1 is 1.35 bits per heavy atom. The van der Waals surface area contributed by atoms with Crippen LogP contribution in [0.5, 0.6) is 5.75 Å². The zero-order chi connectivity index (χ0) is 12.4. The Morgan fingerprint density at radius 3 is 2.76 bits per heavy atom. The Labute approximate surface area is 99.9 Å². The minimum atomic E-state index is -0.292.